The molecule has 0 aliphatic carbocycles. The third-order valence-electron chi connectivity index (χ3n) is 6.88. The normalized spacial score (nSPS) is 12.3. The van der Waals surface area contributed by atoms with E-state index < -0.39 is 11.7 Å². The first-order valence-corrected chi connectivity index (χ1v) is 11.8. The van der Waals surface area contributed by atoms with Crippen LogP contribution in [0.25, 0.3) is 11.0 Å². The fourth-order valence-corrected chi connectivity index (χ4v) is 4.96. The van der Waals surface area contributed by atoms with Crippen LogP contribution in [0.15, 0.2) is 60.8 Å². The number of hydrogen-bond donors (Lipinski definition) is 1. The number of carbonyl (C=O) groups excluding carboxylic acids is 1. The van der Waals surface area contributed by atoms with Gasteiger partial charge in [0, 0.05) is 24.4 Å². The molecule has 5 nitrogen and oxygen atoms in total. The Morgan fingerprint density at radius 1 is 1.08 bits per heavy atom. The number of aromatic nitrogens is 2. The number of fused-ring (bicyclic) bond motifs is 1. The topological polar surface area (TPSA) is 70.1 Å². The molecule has 2 aromatic carbocycles. The van der Waals surface area contributed by atoms with Crippen LogP contribution in [0.1, 0.15) is 53.3 Å². The molecule has 0 saturated heterocycles. The Kier molecular flexibility index (Phi) is 8.09. The fourth-order valence-electron chi connectivity index (χ4n) is 4.96. The minimum absolute atomic E-state index is 0. The molecule has 2 heterocycles. The third kappa shape index (κ3) is 5.54. The lowest BCUT2D eigenvalue weighted by atomic mass is 9.79. The van der Waals surface area contributed by atoms with Gasteiger partial charge < -0.3 is 15.0 Å². The quantitative estimate of drug-likeness (QED) is 0.299. The number of nitrogens with zero attached hydrogens (tertiary/aromatic N) is 2. The number of pyridine rings is 1. The highest BCUT2D eigenvalue weighted by molar-refractivity contribution is 5.85. The molecule has 0 aliphatic rings. The zero-order chi connectivity index (χ0) is 25.3. The van der Waals surface area contributed by atoms with E-state index in [1.807, 2.05) is 19.9 Å². The summed E-state index contributed by atoms with van der Waals surface area (Å²) in [7, 11) is 0. The molecule has 36 heavy (non-hydrogen) atoms. The molecule has 4 rings (SSSR count). The van der Waals surface area contributed by atoms with Gasteiger partial charge in [0.1, 0.15) is 11.4 Å². The molecule has 7 heteroatoms. The van der Waals surface area contributed by atoms with Crippen LogP contribution in [0.4, 0.5) is 9.18 Å². The van der Waals surface area contributed by atoms with Crippen molar-refractivity contribution in [3.8, 4) is 0 Å². The molecule has 4 aromatic rings. The summed E-state index contributed by atoms with van der Waals surface area (Å²) in [5.41, 5.74) is 13.1. The van der Waals surface area contributed by atoms with E-state index in [9.17, 15) is 9.18 Å². The summed E-state index contributed by atoms with van der Waals surface area (Å²) in [4.78, 5) is 16.6. The van der Waals surface area contributed by atoms with Crippen molar-refractivity contribution in [3.05, 3.63) is 100 Å². The second-order valence-corrected chi connectivity index (χ2v) is 9.79. The molecule has 2 N–H and O–H groups in total. The average molecular weight is 510 g/mol. The van der Waals surface area contributed by atoms with Crippen molar-refractivity contribution < 1.29 is 13.9 Å². The van der Waals surface area contributed by atoms with Gasteiger partial charge in [-0.3, -0.25) is 4.98 Å². The predicted octanol–water partition coefficient (Wildman–Crippen LogP) is 6.77. The molecule has 1 atom stereocenters. The summed E-state index contributed by atoms with van der Waals surface area (Å²) >= 11 is 0. The van der Waals surface area contributed by atoms with Crippen LogP contribution >= 0.6 is 12.4 Å². The van der Waals surface area contributed by atoms with Crippen molar-refractivity contribution >= 4 is 29.5 Å². The number of rotatable bonds is 7. The van der Waals surface area contributed by atoms with Crippen LogP contribution < -0.4 is 5.73 Å². The standard InChI is InChI=1S/C29H32FN3O2.ClH/c1-18-7-6-8-22(15-18)17-33-20(3)19(2)26-27(33)24(13-14-32-26)25(29(4,5)35-28(31)34)16-21-9-11-23(30)12-10-21;/h6-15,25H,16-17H2,1-5H3,(H2,31,34);1H. The van der Waals surface area contributed by atoms with Crippen LogP contribution in [0, 0.1) is 26.6 Å². The van der Waals surface area contributed by atoms with Crippen molar-refractivity contribution in [2.75, 3.05) is 0 Å². The average Bonchev–Trinajstić information content (AvgIpc) is 3.03. The van der Waals surface area contributed by atoms with E-state index in [2.05, 4.69) is 49.6 Å². The Morgan fingerprint density at radius 2 is 1.78 bits per heavy atom. The van der Waals surface area contributed by atoms with Gasteiger partial charge in [0.2, 0.25) is 0 Å². The van der Waals surface area contributed by atoms with Gasteiger partial charge in [-0.25, -0.2) is 9.18 Å². The molecule has 0 fully saturated rings. The molecule has 2 aromatic heterocycles. The van der Waals surface area contributed by atoms with Gasteiger partial charge in [-0.1, -0.05) is 42.0 Å². The maximum atomic E-state index is 13.6. The fraction of sp³-hybridized carbons (Fsp3) is 0.310. The minimum atomic E-state index is -0.922. The number of carbonyl (C=O) groups is 1. The van der Waals surface area contributed by atoms with Gasteiger partial charge in [-0.2, -0.15) is 0 Å². The van der Waals surface area contributed by atoms with Crippen molar-refractivity contribution in [2.45, 2.75) is 59.1 Å². The number of halogens is 2. The van der Waals surface area contributed by atoms with Crippen LogP contribution in [0.2, 0.25) is 0 Å². The number of benzene rings is 2. The van der Waals surface area contributed by atoms with Crippen LogP contribution in [-0.2, 0) is 17.7 Å². The van der Waals surface area contributed by atoms with Gasteiger partial charge >= 0.3 is 6.09 Å². The van der Waals surface area contributed by atoms with Crippen molar-refractivity contribution in [1.29, 1.82) is 0 Å². The Morgan fingerprint density at radius 3 is 2.42 bits per heavy atom. The third-order valence-corrected chi connectivity index (χ3v) is 6.88. The van der Waals surface area contributed by atoms with Crippen LogP contribution in [0.5, 0.6) is 0 Å². The van der Waals surface area contributed by atoms with Crippen LogP contribution in [0.3, 0.4) is 0 Å². The molecule has 0 saturated carbocycles. The highest BCUT2D eigenvalue weighted by Gasteiger charge is 2.36. The molecular formula is C29H33ClFN3O2. The number of ether oxygens (including phenoxy) is 1. The Balaban J connectivity index is 0.00000361. The maximum absolute atomic E-state index is 13.6. The molecule has 0 aliphatic heterocycles. The lowest BCUT2D eigenvalue weighted by Gasteiger charge is -2.34. The first-order chi connectivity index (χ1) is 16.6. The van der Waals surface area contributed by atoms with Crippen molar-refractivity contribution in [1.82, 2.24) is 9.55 Å². The largest absolute Gasteiger partial charge is 0.443 e. The van der Waals surface area contributed by atoms with Gasteiger partial charge in [-0.05, 0) is 81.5 Å². The summed E-state index contributed by atoms with van der Waals surface area (Å²) in [5.74, 6) is -0.543. The second-order valence-electron chi connectivity index (χ2n) is 9.79. The number of amides is 1. The lowest BCUT2D eigenvalue weighted by Crippen LogP contribution is -2.38. The summed E-state index contributed by atoms with van der Waals surface area (Å²) in [5, 5.41) is 0. The first-order valence-electron chi connectivity index (χ1n) is 11.8. The van der Waals surface area contributed by atoms with Crippen LogP contribution in [-0.4, -0.2) is 21.2 Å². The van der Waals surface area contributed by atoms with E-state index >= 15 is 0 Å². The van der Waals surface area contributed by atoms with E-state index in [0.717, 1.165) is 33.4 Å². The molecule has 190 valence electrons. The summed E-state index contributed by atoms with van der Waals surface area (Å²) in [6, 6.07) is 16.9. The highest BCUT2D eigenvalue weighted by atomic mass is 35.5. The predicted molar refractivity (Wildman–Crippen MR) is 144 cm³/mol. The van der Waals surface area contributed by atoms with E-state index in [1.165, 1.54) is 23.3 Å². The monoisotopic (exact) mass is 509 g/mol. The van der Waals surface area contributed by atoms with Gasteiger partial charge in [-0.15, -0.1) is 12.4 Å². The zero-order valence-corrected chi connectivity index (χ0v) is 22.2. The van der Waals surface area contributed by atoms with E-state index in [4.69, 9.17) is 15.5 Å². The van der Waals surface area contributed by atoms with Gasteiger partial charge in [0.25, 0.3) is 0 Å². The Hall–Kier alpha value is -3.38. The number of aryl methyl sites for hydroxylation is 2. The van der Waals surface area contributed by atoms with Gasteiger partial charge in [0.05, 0.1) is 11.0 Å². The minimum Gasteiger partial charge on any atom is -0.443 e. The highest BCUT2D eigenvalue weighted by Crippen LogP contribution is 2.39. The van der Waals surface area contributed by atoms with E-state index in [-0.39, 0.29) is 24.1 Å². The SMILES string of the molecule is Cc1cccc(Cn2c(C)c(C)c3nccc(C(Cc4ccc(F)cc4)C(C)(C)OC(N)=O)c32)c1.Cl. The van der Waals surface area contributed by atoms with Crippen molar-refractivity contribution in [2.24, 2.45) is 5.73 Å². The van der Waals surface area contributed by atoms with Gasteiger partial charge in [0.15, 0.2) is 0 Å². The van der Waals surface area contributed by atoms with E-state index in [1.54, 1.807) is 18.3 Å². The lowest BCUT2D eigenvalue weighted by molar-refractivity contribution is 0.0239. The second kappa shape index (κ2) is 10.7. The molecule has 0 spiro atoms. The maximum Gasteiger partial charge on any atom is 0.405 e. The summed E-state index contributed by atoms with van der Waals surface area (Å²) in [6.07, 6.45) is 1.51. The summed E-state index contributed by atoms with van der Waals surface area (Å²) < 4.78 is 21.5. The Labute approximate surface area is 217 Å². The number of hydrogen-bond acceptors (Lipinski definition) is 3. The Bertz CT molecular complexity index is 1380. The number of primary amides is 1. The van der Waals surface area contributed by atoms with E-state index in [0.29, 0.717) is 13.0 Å². The molecule has 0 bridgehead atoms. The number of nitrogens with two attached hydrogens (primary N) is 1. The molecule has 1 unspecified atom stereocenters. The summed E-state index contributed by atoms with van der Waals surface area (Å²) in [6.45, 7) is 10.7. The molecule has 1 amide bonds. The smallest absolute Gasteiger partial charge is 0.405 e. The molecular weight excluding hydrogens is 477 g/mol. The first kappa shape index (κ1) is 27.2. The van der Waals surface area contributed by atoms with Crippen molar-refractivity contribution in [3.63, 3.8) is 0 Å². The molecule has 0 radical (unpaired) electrons. The zero-order valence-electron chi connectivity index (χ0n) is 21.3.